The van der Waals surface area contributed by atoms with E-state index < -0.39 is 23.7 Å². The van der Waals surface area contributed by atoms with Gasteiger partial charge in [0.15, 0.2) is 17.0 Å². The standard InChI is InChI=1S/C29H25F3N6O3/c1-17(2)18-8-10-19(11-9-18)23-12-25(29(30,31)32)38-26(35-23)13-24(36-38)27(39)34-21-14-33-37(16-21)15-20-6-4-5-7-22(20)28(40)41-3/h4-14,16-17H,15H2,1-3H3,(H,34,39). The highest BCUT2D eigenvalue weighted by molar-refractivity contribution is 6.03. The Bertz CT molecular complexity index is 1740. The first-order chi connectivity index (χ1) is 19.5. The normalized spacial score (nSPS) is 11.7. The minimum Gasteiger partial charge on any atom is -0.465 e. The Hall–Kier alpha value is -5.00. The van der Waals surface area contributed by atoms with Gasteiger partial charge in [-0.25, -0.2) is 14.3 Å². The number of benzene rings is 2. The van der Waals surface area contributed by atoms with Crippen LogP contribution in [0.4, 0.5) is 18.9 Å². The van der Waals surface area contributed by atoms with E-state index in [1.54, 1.807) is 36.4 Å². The Morgan fingerprint density at radius 2 is 1.78 bits per heavy atom. The lowest BCUT2D eigenvalue weighted by molar-refractivity contribution is -0.142. The molecule has 0 aliphatic heterocycles. The molecule has 0 saturated heterocycles. The van der Waals surface area contributed by atoms with Crippen LogP contribution in [0.5, 0.6) is 0 Å². The van der Waals surface area contributed by atoms with E-state index in [2.05, 4.69) is 20.5 Å². The third-order valence-corrected chi connectivity index (χ3v) is 6.47. The zero-order valence-corrected chi connectivity index (χ0v) is 22.3. The molecule has 0 radical (unpaired) electrons. The van der Waals surface area contributed by atoms with Crippen molar-refractivity contribution in [1.29, 1.82) is 0 Å². The predicted molar refractivity (Wildman–Crippen MR) is 145 cm³/mol. The smallest absolute Gasteiger partial charge is 0.433 e. The maximum Gasteiger partial charge on any atom is 0.433 e. The molecule has 0 atom stereocenters. The highest BCUT2D eigenvalue weighted by atomic mass is 19.4. The second-order valence-corrected chi connectivity index (χ2v) is 9.63. The van der Waals surface area contributed by atoms with Gasteiger partial charge in [-0.2, -0.15) is 23.4 Å². The van der Waals surface area contributed by atoms with Gasteiger partial charge < -0.3 is 10.1 Å². The lowest BCUT2D eigenvalue weighted by atomic mass is 10.0. The summed E-state index contributed by atoms with van der Waals surface area (Å²) in [6.07, 6.45) is -1.83. The van der Waals surface area contributed by atoms with Crippen LogP contribution >= 0.6 is 0 Å². The average Bonchev–Trinajstić information content (AvgIpc) is 3.58. The number of rotatable bonds is 7. The highest BCUT2D eigenvalue weighted by Crippen LogP contribution is 2.33. The van der Waals surface area contributed by atoms with Crippen molar-refractivity contribution < 1.29 is 27.5 Å². The van der Waals surface area contributed by atoms with Gasteiger partial charge in [0.25, 0.3) is 5.91 Å². The van der Waals surface area contributed by atoms with Crippen molar-refractivity contribution in [2.75, 3.05) is 12.4 Å². The average molecular weight is 563 g/mol. The summed E-state index contributed by atoms with van der Waals surface area (Å²) in [6, 6.07) is 16.1. The van der Waals surface area contributed by atoms with E-state index in [0.29, 0.717) is 21.2 Å². The number of alkyl halides is 3. The Morgan fingerprint density at radius 3 is 2.46 bits per heavy atom. The van der Waals surface area contributed by atoms with E-state index in [-0.39, 0.29) is 35.2 Å². The zero-order valence-electron chi connectivity index (χ0n) is 22.3. The third kappa shape index (κ3) is 5.81. The number of halogens is 3. The SMILES string of the molecule is COC(=O)c1ccccc1Cn1cc(NC(=O)c2cc3nc(-c4ccc(C(C)C)cc4)cc(C(F)(F)F)n3n2)cn1. The minimum atomic E-state index is -4.74. The number of carbonyl (C=O) groups is 2. The van der Waals surface area contributed by atoms with E-state index in [9.17, 15) is 22.8 Å². The summed E-state index contributed by atoms with van der Waals surface area (Å²) in [4.78, 5) is 29.3. The van der Waals surface area contributed by atoms with E-state index >= 15 is 0 Å². The molecule has 0 bridgehead atoms. The summed E-state index contributed by atoms with van der Waals surface area (Å²) in [6.45, 7) is 4.26. The van der Waals surface area contributed by atoms with E-state index in [1.807, 2.05) is 26.0 Å². The molecule has 41 heavy (non-hydrogen) atoms. The molecule has 12 heteroatoms. The molecule has 0 fully saturated rings. The van der Waals surface area contributed by atoms with Crippen LogP contribution in [0.25, 0.3) is 16.9 Å². The van der Waals surface area contributed by atoms with Crippen molar-refractivity contribution in [3.05, 3.63) is 101 Å². The number of anilines is 1. The number of esters is 1. The summed E-state index contributed by atoms with van der Waals surface area (Å²) >= 11 is 0. The van der Waals surface area contributed by atoms with Crippen LogP contribution in [0.15, 0.2) is 73.1 Å². The third-order valence-electron chi connectivity index (χ3n) is 6.47. The maximum absolute atomic E-state index is 14.0. The van der Waals surface area contributed by atoms with Gasteiger partial charge in [0.05, 0.1) is 36.8 Å². The molecule has 0 spiro atoms. The number of carbonyl (C=O) groups excluding carboxylic acids is 2. The fraction of sp³-hybridized carbons (Fsp3) is 0.207. The Morgan fingerprint density at radius 1 is 1.05 bits per heavy atom. The lowest BCUT2D eigenvalue weighted by Crippen LogP contribution is -2.15. The number of fused-ring (bicyclic) bond motifs is 1. The van der Waals surface area contributed by atoms with Crippen LogP contribution in [-0.4, -0.2) is 43.4 Å². The first-order valence-corrected chi connectivity index (χ1v) is 12.6. The molecule has 0 unspecified atom stereocenters. The van der Waals surface area contributed by atoms with Gasteiger partial charge in [0.1, 0.15) is 0 Å². The molecular formula is C29H25F3N6O3. The number of ether oxygens (including phenoxy) is 1. The van der Waals surface area contributed by atoms with Gasteiger partial charge in [-0.3, -0.25) is 9.48 Å². The second kappa shape index (κ2) is 10.9. The number of aromatic nitrogens is 5. The van der Waals surface area contributed by atoms with Gasteiger partial charge in [0.2, 0.25) is 0 Å². The summed E-state index contributed by atoms with van der Waals surface area (Å²) in [5.74, 6) is -0.958. The molecule has 1 amide bonds. The fourth-order valence-corrected chi connectivity index (χ4v) is 4.33. The molecule has 0 aliphatic rings. The molecule has 2 aromatic carbocycles. The molecule has 5 aromatic rings. The number of methoxy groups -OCH3 is 1. The molecule has 0 aliphatic carbocycles. The predicted octanol–water partition coefficient (Wildman–Crippen LogP) is 5.82. The lowest BCUT2D eigenvalue weighted by Gasteiger charge is -2.11. The molecular weight excluding hydrogens is 537 g/mol. The van der Waals surface area contributed by atoms with Gasteiger partial charge in [-0.15, -0.1) is 0 Å². The summed E-state index contributed by atoms with van der Waals surface area (Å²) in [5.41, 5.74) is 1.56. The number of amides is 1. The molecule has 210 valence electrons. The Kier molecular flexibility index (Phi) is 7.31. The first kappa shape index (κ1) is 27.6. The van der Waals surface area contributed by atoms with E-state index in [1.165, 1.54) is 30.3 Å². The molecule has 9 nitrogen and oxygen atoms in total. The maximum atomic E-state index is 14.0. The fourth-order valence-electron chi connectivity index (χ4n) is 4.33. The number of hydrogen-bond acceptors (Lipinski definition) is 6. The minimum absolute atomic E-state index is 0.112. The van der Waals surface area contributed by atoms with Crippen LogP contribution in [0.1, 0.15) is 57.4 Å². The highest BCUT2D eigenvalue weighted by Gasteiger charge is 2.35. The van der Waals surface area contributed by atoms with E-state index in [4.69, 9.17) is 4.74 Å². The van der Waals surface area contributed by atoms with Gasteiger partial charge in [-0.1, -0.05) is 56.3 Å². The van der Waals surface area contributed by atoms with Gasteiger partial charge >= 0.3 is 12.1 Å². The van der Waals surface area contributed by atoms with Crippen molar-refractivity contribution in [3.63, 3.8) is 0 Å². The van der Waals surface area contributed by atoms with Crippen LogP contribution in [0, 0.1) is 0 Å². The van der Waals surface area contributed by atoms with Crippen molar-refractivity contribution in [2.45, 2.75) is 32.5 Å². The quantitative estimate of drug-likeness (QED) is 0.251. The van der Waals surface area contributed by atoms with E-state index in [0.717, 1.165) is 11.6 Å². The second-order valence-electron chi connectivity index (χ2n) is 9.63. The van der Waals surface area contributed by atoms with Crippen LogP contribution in [0.2, 0.25) is 0 Å². The number of nitrogens with zero attached hydrogens (tertiary/aromatic N) is 5. The summed E-state index contributed by atoms with van der Waals surface area (Å²) < 4.78 is 48.9. The van der Waals surface area contributed by atoms with Crippen LogP contribution in [0.3, 0.4) is 0 Å². The monoisotopic (exact) mass is 562 g/mol. The topological polar surface area (TPSA) is 103 Å². The van der Waals surface area contributed by atoms with Crippen LogP contribution < -0.4 is 5.32 Å². The first-order valence-electron chi connectivity index (χ1n) is 12.6. The van der Waals surface area contributed by atoms with Crippen LogP contribution in [-0.2, 0) is 17.5 Å². The van der Waals surface area contributed by atoms with Gasteiger partial charge in [0, 0.05) is 17.8 Å². The largest absolute Gasteiger partial charge is 0.465 e. The van der Waals surface area contributed by atoms with Crippen molar-refractivity contribution in [1.82, 2.24) is 24.4 Å². The van der Waals surface area contributed by atoms with Crippen molar-refractivity contribution >= 4 is 23.2 Å². The Labute approximate surface area is 232 Å². The van der Waals surface area contributed by atoms with Crippen molar-refractivity contribution in [3.8, 4) is 11.3 Å². The summed E-state index contributed by atoms with van der Waals surface area (Å²) in [7, 11) is 1.29. The molecule has 3 aromatic heterocycles. The van der Waals surface area contributed by atoms with Crippen molar-refractivity contribution in [2.24, 2.45) is 0 Å². The Balaban J connectivity index is 1.40. The zero-order chi connectivity index (χ0) is 29.3. The molecule has 1 N–H and O–H groups in total. The molecule has 3 heterocycles. The molecule has 0 saturated carbocycles. The number of nitrogens with one attached hydrogen (secondary N) is 1. The van der Waals surface area contributed by atoms with Gasteiger partial charge in [-0.05, 0) is 29.2 Å². The number of hydrogen-bond donors (Lipinski definition) is 1. The summed E-state index contributed by atoms with van der Waals surface area (Å²) in [5, 5.41) is 10.7. The molecule has 5 rings (SSSR count).